The van der Waals surface area contributed by atoms with Crippen molar-refractivity contribution in [2.24, 2.45) is 0 Å². The lowest BCUT2D eigenvalue weighted by Crippen LogP contribution is -2.31. The highest BCUT2D eigenvalue weighted by Crippen LogP contribution is 2.43. The number of amides is 1. The van der Waals surface area contributed by atoms with Crippen molar-refractivity contribution in [3.05, 3.63) is 89.5 Å². The van der Waals surface area contributed by atoms with Crippen molar-refractivity contribution in [3.63, 3.8) is 0 Å². The Labute approximate surface area is 172 Å². The molecule has 150 valence electrons. The second kappa shape index (κ2) is 8.66. The molecule has 0 spiro atoms. The maximum atomic E-state index is 13.5. The van der Waals surface area contributed by atoms with E-state index in [4.69, 9.17) is 9.47 Å². The first-order valence-corrected chi connectivity index (χ1v) is 9.30. The van der Waals surface area contributed by atoms with Gasteiger partial charge < -0.3 is 14.8 Å². The van der Waals surface area contributed by atoms with Crippen LogP contribution >= 0.6 is 0 Å². The molecule has 6 heteroatoms. The SMILES string of the molecule is O=C(NCC#CCOc1ccc(F)cc1F)C1c2ccccc2Oc2ccccc21. The maximum Gasteiger partial charge on any atom is 0.233 e. The van der Waals surface area contributed by atoms with Crippen molar-refractivity contribution in [1.82, 2.24) is 5.32 Å². The summed E-state index contributed by atoms with van der Waals surface area (Å²) in [6.45, 7) is 0.0249. The Morgan fingerprint density at radius 3 is 2.30 bits per heavy atom. The van der Waals surface area contributed by atoms with Gasteiger partial charge in [0.1, 0.15) is 23.9 Å². The van der Waals surface area contributed by atoms with E-state index in [-0.39, 0.29) is 24.8 Å². The van der Waals surface area contributed by atoms with Gasteiger partial charge in [-0.05, 0) is 24.3 Å². The van der Waals surface area contributed by atoms with Gasteiger partial charge in [0.15, 0.2) is 11.6 Å². The van der Waals surface area contributed by atoms with Crippen molar-refractivity contribution < 1.29 is 23.0 Å². The predicted molar refractivity (Wildman–Crippen MR) is 107 cm³/mol. The van der Waals surface area contributed by atoms with Gasteiger partial charge in [0.2, 0.25) is 5.91 Å². The fraction of sp³-hybridized carbons (Fsp3) is 0.125. The first-order chi connectivity index (χ1) is 14.6. The molecule has 0 saturated heterocycles. The van der Waals surface area contributed by atoms with Gasteiger partial charge in [-0.1, -0.05) is 48.2 Å². The van der Waals surface area contributed by atoms with Crippen molar-refractivity contribution in [3.8, 4) is 29.1 Å². The Hall–Kier alpha value is -3.85. The first kappa shape index (κ1) is 19.5. The van der Waals surface area contributed by atoms with Crippen LogP contribution in [0.3, 0.4) is 0 Å². The summed E-state index contributed by atoms with van der Waals surface area (Å²) >= 11 is 0. The summed E-state index contributed by atoms with van der Waals surface area (Å²) in [4.78, 5) is 12.9. The van der Waals surface area contributed by atoms with Crippen LogP contribution in [0.5, 0.6) is 17.2 Å². The van der Waals surface area contributed by atoms with Gasteiger partial charge in [-0.3, -0.25) is 4.79 Å². The van der Waals surface area contributed by atoms with Crippen LogP contribution in [0.1, 0.15) is 17.0 Å². The molecule has 4 rings (SSSR count). The van der Waals surface area contributed by atoms with E-state index in [0.717, 1.165) is 23.3 Å². The minimum absolute atomic E-state index is 0.0786. The number of ether oxygens (including phenoxy) is 2. The van der Waals surface area contributed by atoms with Crippen LogP contribution in [-0.4, -0.2) is 19.1 Å². The van der Waals surface area contributed by atoms with Crippen LogP contribution in [0.25, 0.3) is 0 Å². The number of benzene rings is 3. The van der Waals surface area contributed by atoms with Crippen LogP contribution in [0.2, 0.25) is 0 Å². The van der Waals surface area contributed by atoms with E-state index in [1.807, 2.05) is 48.5 Å². The summed E-state index contributed by atoms with van der Waals surface area (Å²) in [5.74, 6) is 4.53. The average Bonchev–Trinajstić information content (AvgIpc) is 2.75. The second-order valence-electron chi connectivity index (χ2n) is 6.55. The summed E-state index contributed by atoms with van der Waals surface area (Å²) in [5.41, 5.74) is 1.58. The van der Waals surface area contributed by atoms with Gasteiger partial charge in [-0.25, -0.2) is 8.78 Å². The zero-order valence-corrected chi connectivity index (χ0v) is 15.8. The Balaban J connectivity index is 1.39. The molecule has 0 saturated carbocycles. The smallest absolute Gasteiger partial charge is 0.233 e. The molecular formula is C24H17F2NO3. The Morgan fingerprint density at radius 2 is 1.63 bits per heavy atom. The summed E-state index contributed by atoms with van der Waals surface area (Å²) in [7, 11) is 0. The van der Waals surface area contributed by atoms with Crippen LogP contribution in [0.4, 0.5) is 8.78 Å². The highest BCUT2D eigenvalue weighted by atomic mass is 19.1. The molecule has 3 aromatic carbocycles. The normalized spacial score (nSPS) is 11.9. The lowest BCUT2D eigenvalue weighted by atomic mass is 9.87. The van der Waals surface area contributed by atoms with E-state index in [2.05, 4.69) is 17.2 Å². The zero-order chi connectivity index (χ0) is 20.9. The van der Waals surface area contributed by atoms with E-state index in [0.29, 0.717) is 11.5 Å². The molecule has 0 bridgehead atoms. The lowest BCUT2D eigenvalue weighted by Gasteiger charge is -2.27. The van der Waals surface area contributed by atoms with Gasteiger partial charge in [0.25, 0.3) is 0 Å². The Morgan fingerprint density at radius 1 is 0.967 bits per heavy atom. The molecule has 0 radical (unpaired) electrons. The standard InChI is InChI=1S/C24H17F2NO3/c25-16-11-12-22(19(26)15-16)29-14-6-5-13-27-24(28)23-17-7-1-3-9-20(17)30-21-10-4-2-8-18(21)23/h1-4,7-12,15,23H,13-14H2,(H,27,28). The third-order valence-corrected chi connectivity index (χ3v) is 4.61. The number of fused-ring (bicyclic) bond motifs is 2. The summed E-state index contributed by atoms with van der Waals surface area (Å²) in [5, 5.41) is 2.80. The maximum absolute atomic E-state index is 13.5. The Kier molecular flexibility index (Phi) is 5.62. The summed E-state index contributed by atoms with van der Waals surface area (Å²) in [6, 6.07) is 17.9. The molecular weight excluding hydrogens is 388 g/mol. The average molecular weight is 405 g/mol. The number of rotatable bonds is 4. The van der Waals surface area contributed by atoms with Gasteiger partial charge in [-0.15, -0.1) is 0 Å². The topological polar surface area (TPSA) is 47.6 Å². The third-order valence-electron chi connectivity index (χ3n) is 4.61. The van der Waals surface area contributed by atoms with Crippen molar-refractivity contribution in [1.29, 1.82) is 0 Å². The van der Waals surface area contributed by atoms with Crippen molar-refractivity contribution >= 4 is 5.91 Å². The molecule has 0 aromatic heterocycles. The van der Waals surface area contributed by atoms with Crippen LogP contribution < -0.4 is 14.8 Å². The molecule has 4 nitrogen and oxygen atoms in total. The molecule has 1 amide bonds. The highest BCUT2D eigenvalue weighted by molar-refractivity contribution is 5.89. The number of nitrogens with one attached hydrogen (secondary N) is 1. The van der Waals surface area contributed by atoms with Gasteiger partial charge in [-0.2, -0.15) is 0 Å². The molecule has 1 heterocycles. The monoisotopic (exact) mass is 405 g/mol. The molecule has 1 aliphatic rings. The first-order valence-electron chi connectivity index (χ1n) is 9.30. The minimum atomic E-state index is -0.790. The lowest BCUT2D eigenvalue weighted by molar-refractivity contribution is -0.121. The Bertz CT molecular complexity index is 1100. The zero-order valence-electron chi connectivity index (χ0n) is 15.8. The number of hydrogen-bond donors (Lipinski definition) is 1. The number of carbonyl (C=O) groups is 1. The number of hydrogen-bond acceptors (Lipinski definition) is 3. The molecule has 0 atom stereocenters. The van der Waals surface area contributed by atoms with E-state index in [1.54, 1.807) is 0 Å². The predicted octanol–water partition coefficient (Wildman–Crippen LogP) is 4.40. The van der Waals surface area contributed by atoms with Crippen LogP contribution in [-0.2, 0) is 4.79 Å². The minimum Gasteiger partial charge on any atom is -0.478 e. The van der Waals surface area contributed by atoms with Crippen molar-refractivity contribution in [2.75, 3.05) is 13.2 Å². The quantitative estimate of drug-likeness (QED) is 0.655. The van der Waals surface area contributed by atoms with Gasteiger partial charge in [0.05, 0.1) is 12.5 Å². The fourth-order valence-corrected chi connectivity index (χ4v) is 3.25. The summed E-state index contributed by atoms with van der Waals surface area (Å²) in [6.07, 6.45) is 0. The van der Waals surface area contributed by atoms with E-state index in [9.17, 15) is 13.6 Å². The molecule has 30 heavy (non-hydrogen) atoms. The van der Waals surface area contributed by atoms with Crippen LogP contribution in [0.15, 0.2) is 66.7 Å². The summed E-state index contributed by atoms with van der Waals surface area (Å²) < 4.78 is 37.4. The molecule has 3 aromatic rings. The van der Waals surface area contributed by atoms with E-state index >= 15 is 0 Å². The van der Waals surface area contributed by atoms with Gasteiger partial charge in [0, 0.05) is 17.2 Å². The number of para-hydroxylation sites is 2. The van der Waals surface area contributed by atoms with E-state index in [1.165, 1.54) is 6.07 Å². The van der Waals surface area contributed by atoms with Crippen molar-refractivity contribution in [2.45, 2.75) is 5.92 Å². The second-order valence-corrected chi connectivity index (χ2v) is 6.55. The van der Waals surface area contributed by atoms with E-state index < -0.39 is 17.6 Å². The molecule has 0 fully saturated rings. The highest BCUT2D eigenvalue weighted by Gasteiger charge is 2.31. The number of halogens is 2. The van der Waals surface area contributed by atoms with Gasteiger partial charge >= 0.3 is 0 Å². The molecule has 1 aliphatic heterocycles. The molecule has 0 aliphatic carbocycles. The molecule has 1 N–H and O–H groups in total. The largest absolute Gasteiger partial charge is 0.478 e. The number of carbonyl (C=O) groups excluding carboxylic acids is 1. The van der Waals surface area contributed by atoms with Crippen LogP contribution in [0, 0.1) is 23.5 Å². The molecule has 0 unspecified atom stereocenters. The third kappa shape index (κ3) is 4.11. The fourth-order valence-electron chi connectivity index (χ4n) is 3.25.